The number of benzene rings is 1. The van der Waals surface area contributed by atoms with E-state index in [1.54, 1.807) is 17.9 Å². The van der Waals surface area contributed by atoms with Crippen molar-refractivity contribution in [1.29, 1.82) is 0 Å². The average Bonchev–Trinajstić information content (AvgIpc) is 3.09. The summed E-state index contributed by atoms with van der Waals surface area (Å²) < 4.78 is 0. The van der Waals surface area contributed by atoms with Gasteiger partial charge in [0, 0.05) is 25.3 Å². The summed E-state index contributed by atoms with van der Waals surface area (Å²) in [6, 6.07) is 5.02. The van der Waals surface area contributed by atoms with Gasteiger partial charge in [-0.1, -0.05) is 23.2 Å². The van der Waals surface area contributed by atoms with Gasteiger partial charge in [0.15, 0.2) is 5.78 Å². The number of hydrogen-bond acceptors (Lipinski definition) is 4. The lowest BCUT2D eigenvalue weighted by molar-refractivity contribution is -0.132. The molecule has 2 saturated heterocycles. The van der Waals surface area contributed by atoms with E-state index in [-0.39, 0.29) is 24.2 Å². The van der Waals surface area contributed by atoms with Crippen molar-refractivity contribution in [2.24, 2.45) is 0 Å². The first-order valence-electron chi connectivity index (χ1n) is 8.67. The van der Waals surface area contributed by atoms with Crippen LogP contribution in [0.5, 0.6) is 0 Å². The van der Waals surface area contributed by atoms with Gasteiger partial charge in [-0.15, -0.1) is 12.4 Å². The molecule has 5 nitrogen and oxygen atoms in total. The molecule has 0 aliphatic carbocycles. The molecule has 1 unspecified atom stereocenters. The largest absolute Gasteiger partial charge is 0.363 e. The van der Waals surface area contributed by atoms with E-state index >= 15 is 0 Å². The molecular weight excluding hydrogens is 397 g/mol. The van der Waals surface area contributed by atoms with Crippen LogP contribution in [0.1, 0.15) is 19.8 Å². The fourth-order valence-corrected chi connectivity index (χ4v) is 4.25. The van der Waals surface area contributed by atoms with Crippen LogP contribution in [0.4, 0.5) is 5.69 Å². The SMILES string of the molecule is CC(=O)[C@H]1C(CN2CCCC2)N(c2ccc(Cl)c(Cl)c2)CCN1C=O.Cl. The Kier molecular flexibility index (Phi) is 7.59. The number of likely N-dealkylation sites (tertiary alicyclic amines) is 1. The van der Waals surface area contributed by atoms with E-state index in [1.165, 1.54) is 12.8 Å². The quantitative estimate of drug-likeness (QED) is 0.687. The molecule has 1 aromatic carbocycles. The Hall–Kier alpha value is -1.01. The number of carbonyl (C=O) groups is 2. The molecule has 2 heterocycles. The summed E-state index contributed by atoms with van der Waals surface area (Å²) in [6.45, 7) is 5.59. The number of Topliss-reactive ketones (excluding diaryl/α,β-unsaturated/α-hetero) is 1. The molecule has 0 bridgehead atoms. The van der Waals surface area contributed by atoms with E-state index in [9.17, 15) is 9.59 Å². The molecule has 3 rings (SSSR count). The lowest BCUT2D eigenvalue weighted by Crippen LogP contribution is -2.64. The second-order valence-electron chi connectivity index (χ2n) is 6.77. The van der Waals surface area contributed by atoms with Crippen molar-refractivity contribution in [1.82, 2.24) is 9.80 Å². The summed E-state index contributed by atoms with van der Waals surface area (Å²) >= 11 is 12.3. The molecule has 8 heteroatoms. The first-order chi connectivity index (χ1) is 12.0. The molecule has 0 spiro atoms. The summed E-state index contributed by atoms with van der Waals surface area (Å²) in [5, 5.41) is 1.01. The highest BCUT2D eigenvalue weighted by Crippen LogP contribution is 2.31. The fourth-order valence-electron chi connectivity index (χ4n) is 3.95. The van der Waals surface area contributed by atoms with Gasteiger partial charge in [0.05, 0.1) is 16.1 Å². The van der Waals surface area contributed by atoms with E-state index in [1.807, 2.05) is 12.1 Å². The maximum absolute atomic E-state index is 12.4. The van der Waals surface area contributed by atoms with Crippen molar-refractivity contribution < 1.29 is 9.59 Å². The zero-order valence-corrected chi connectivity index (χ0v) is 17.1. The first-order valence-corrected chi connectivity index (χ1v) is 9.42. The Morgan fingerprint density at radius 2 is 1.85 bits per heavy atom. The average molecular weight is 421 g/mol. The number of anilines is 1. The molecule has 2 atom stereocenters. The molecule has 26 heavy (non-hydrogen) atoms. The minimum absolute atomic E-state index is 0. The third kappa shape index (κ3) is 4.45. The smallest absolute Gasteiger partial charge is 0.210 e. The number of nitrogens with zero attached hydrogens (tertiary/aromatic N) is 3. The Morgan fingerprint density at radius 1 is 1.15 bits per heavy atom. The summed E-state index contributed by atoms with van der Waals surface area (Å²) in [4.78, 5) is 30.1. The predicted molar refractivity (Wildman–Crippen MR) is 108 cm³/mol. The highest BCUT2D eigenvalue weighted by atomic mass is 35.5. The van der Waals surface area contributed by atoms with Crippen LogP contribution >= 0.6 is 35.6 Å². The molecule has 0 radical (unpaired) electrons. The van der Waals surface area contributed by atoms with Crippen LogP contribution in [-0.4, -0.2) is 66.8 Å². The Balaban J connectivity index is 0.00000243. The number of amides is 1. The fraction of sp³-hybridized carbons (Fsp3) is 0.556. The number of halogens is 3. The topological polar surface area (TPSA) is 43.9 Å². The number of carbonyl (C=O) groups excluding carboxylic acids is 2. The van der Waals surface area contributed by atoms with Crippen LogP contribution in [0.25, 0.3) is 0 Å². The van der Waals surface area contributed by atoms with Crippen LogP contribution < -0.4 is 4.90 Å². The van der Waals surface area contributed by atoms with Crippen molar-refractivity contribution in [3.63, 3.8) is 0 Å². The van der Waals surface area contributed by atoms with Gasteiger partial charge in [-0.05, 0) is 51.1 Å². The van der Waals surface area contributed by atoms with Crippen molar-refractivity contribution in [2.45, 2.75) is 31.8 Å². The maximum Gasteiger partial charge on any atom is 0.210 e. The van der Waals surface area contributed by atoms with E-state index in [0.717, 1.165) is 31.7 Å². The zero-order valence-electron chi connectivity index (χ0n) is 14.7. The maximum atomic E-state index is 12.4. The van der Waals surface area contributed by atoms with Crippen LogP contribution in [0.15, 0.2) is 18.2 Å². The standard InChI is InChI=1S/C18H23Cl2N3O2.ClH/c1-13(25)18-17(11-21-6-2-3-7-21)23(9-8-22(18)12-24)14-4-5-15(19)16(20)10-14;/h4-5,10,12,17-18H,2-3,6-9,11H2,1H3;1H/t17?,18-;/m0./s1. The number of ketones is 1. The number of hydrogen-bond donors (Lipinski definition) is 0. The Bertz CT molecular complexity index is 653. The summed E-state index contributed by atoms with van der Waals surface area (Å²) in [5.41, 5.74) is 0.940. The molecule has 2 fully saturated rings. The van der Waals surface area contributed by atoms with Crippen LogP contribution in [0.2, 0.25) is 10.0 Å². The molecule has 1 aromatic rings. The summed E-state index contributed by atoms with van der Waals surface area (Å²) in [5.74, 6) is 0.0149. The van der Waals surface area contributed by atoms with Crippen LogP contribution in [-0.2, 0) is 9.59 Å². The lowest BCUT2D eigenvalue weighted by Gasteiger charge is -2.47. The molecule has 2 aliphatic rings. The van der Waals surface area contributed by atoms with Gasteiger partial charge < -0.3 is 14.7 Å². The number of rotatable bonds is 5. The highest BCUT2D eigenvalue weighted by Gasteiger charge is 2.40. The molecule has 2 aliphatic heterocycles. The van der Waals surface area contributed by atoms with Crippen LogP contribution in [0.3, 0.4) is 0 Å². The van der Waals surface area contributed by atoms with Gasteiger partial charge >= 0.3 is 0 Å². The minimum atomic E-state index is -0.443. The molecule has 0 N–H and O–H groups in total. The molecule has 144 valence electrons. The van der Waals surface area contributed by atoms with E-state index < -0.39 is 6.04 Å². The summed E-state index contributed by atoms with van der Waals surface area (Å²) in [6.07, 6.45) is 3.17. The predicted octanol–water partition coefficient (Wildman–Crippen LogP) is 3.12. The van der Waals surface area contributed by atoms with Crippen molar-refractivity contribution in [3.05, 3.63) is 28.2 Å². The van der Waals surface area contributed by atoms with Crippen molar-refractivity contribution >= 4 is 53.5 Å². The van der Waals surface area contributed by atoms with E-state index in [0.29, 0.717) is 23.1 Å². The van der Waals surface area contributed by atoms with Gasteiger partial charge in [0.2, 0.25) is 6.41 Å². The minimum Gasteiger partial charge on any atom is -0.363 e. The van der Waals surface area contributed by atoms with Crippen molar-refractivity contribution in [2.75, 3.05) is 37.6 Å². The molecule has 1 amide bonds. The number of piperazine rings is 1. The zero-order chi connectivity index (χ0) is 18.0. The van der Waals surface area contributed by atoms with Crippen LogP contribution in [0, 0.1) is 0 Å². The summed E-state index contributed by atoms with van der Waals surface area (Å²) in [7, 11) is 0. The van der Waals surface area contributed by atoms with Gasteiger partial charge in [-0.3, -0.25) is 9.59 Å². The van der Waals surface area contributed by atoms with Gasteiger partial charge in [-0.25, -0.2) is 0 Å². The van der Waals surface area contributed by atoms with Gasteiger partial charge in [0.1, 0.15) is 6.04 Å². The molecule has 0 aromatic heterocycles. The molecular formula is C18H24Cl3N3O2. The van der Waals surface area contributed by atoms with E-state index in [4.69, 9.17) is 23.2 Å². The first kappa shape index (κ1) is 21.3. The highest BCUT2D eigenvalue weighted by molar-refractivity contribution is 6.42. The molecule has 0 saturated carbocycles. The third-order valence-electron chi connectivity index (χ3n) is 5.15. The van der Waals surface area contributed by atoms with E-state index in [2.05, 4.69) is 9.80 Å². The van der Waals surface area contributed by atoms with Gasteiger partial charge in [-0.2, -0.15) is 0 Å². The van der Waals surface area contributed by atoms with Crippen molar-refractivity contribution in [3.8, 4) is 0 Å². The lowest BCUT2D eigenvalue weighted by atomic mass is 9.96. The Morgan fingerprint density at radius 3 is 2.42 bits per heavy atom. The normalized spacial score (nSPS) is 23.7. The second kappa shape index (κ2) is 9.27. The monoisotopic (exact) mass is 419 g/mol. The van der Waals surface area contributed by atoms with Gasteiger partial charge in [0.25, 0.3) is 0 Å². The third-order valence-corrected chi connectivity index (χ3v) is 5.89. The second-order valence-corrected chi connectivity index (χ2v) is 7.58. The Labute approximate surface area is 170 Å².